The Labute approximate surface area is 184 Å². The summed E-state index contributed by atoms with van der Waals surface area (Å²) in [7, 11) is 1.28. The molecule has 0 fully saturated rings. The van der Waals surface area contributed by atoms with Gasteiger partial charge in [-0.15, -0.1) is 0 Å². The maximum atomic E-state index is 12.2. The van der Waals surface area contributed by atoms with E-state index < -0.39 is 30.1 Å². The predicted octanol–water partition coefficient (Wildman–Crippen LogP) is 3.07. The van der Waals surface area contributed by atoms with Crippen LogP contribution < -0.4 is 10.6 Å². The van der Waals surface area contributed by atoms with Gasteiger partial charge in [0, 0.05) is 6.54 Å². The molecule has 0 aliphatic heterocycles. The van der Waals surface area contributed by atoms with E-state index in [4.69, 9.17) is 9.47 Å². The van der Waals surface area contributed by atoms with Crippen LogP contribution in [0, 0.1) is 0 Å². The minimum absolute atomic E-state index is 0.114. The minimum atomic E-state index is -1.10. The largest absolute Gasteiger partial charge is 0.467 e. The van der Waals surface area contributed by atoms with Gasteiger partial charge in [0.25, 0.3) is 0 Å². The molecule has 31 heavy (non-hydrogen) atoms. The van der Waals surface area contributed by atoms with Crippen molar-refractivity contribution in [3.63, 3.8) is 0 Å². The van der Waals surface area contributed by atoms with Gasteiger partial charge in [-0.05, 0) is 12.0 Å². The molecule has 1 aromatic carbocycles. The smallest absolute Gasteiger partial charge is 0.407 e. The highest BCUT2D eigenvalue weighted by molar-refractivity contribution is 5.84. The molecule has 174 valence electrons. The molecule has 0 unspecified atom stereocenters. The fourth-order valence-electron chi connectivity index (χ4n) is 3.03. The molecule has 0 bridgehead atoms. The van der Waals surface area contributed by atoms with E-state index in [0.29, 0.717) is 6.42 Å². The topological polar surface area (TPSA) is 114 Å². The Bertz CT molecular complexity index is 653. The SMILES string of the molecule is CCCCCCCC[C@H](NC(=O)C[C@H](O)CNC(=O)OCc1ccccc1)C(=O)OC. The van der Waals surface area contributed by atoms with E-state index >= 15 is 0 Å². The number of unbranched alkanes of at least 4 members (excludes halogenated alkanes) is 5. The molecule has 8 nitrogen and oxygen atoms in total. The highest BCUT2D eigenvalue weighted by atomic mass is 16.5. The summed E-state index contributed by atoms with van der Waals surface area (Å²) in [4.78, 5) is 35.8. The van der Waals surface area contributed by atoms with E-state index in [1.165, 1.54) is 26.4 Å². The van der Waals surface area contributed by atoms with Crippen LogP contribution in [-0.4, -0.2) is 48.9 Å². The molecule has 2 atom stereocenters. The molecule has 0 radical (unpaired) electrons. The van der Waals surface area contributed by atoms with E-state index in [0.717, 1.165) is 24.8 Å². The van der Waals surface area contributed by atoms with Crippen LogP contribution in [0.15, 0.2) is 30.3 Å². The average molecular weight is 437 g/mol. The highest BCUT2D eigenvalue weighted by Gasteiger charge is 2.22. The van der Waals surface area contributed by atoms with E-state index in [9.17, 15) is 19.5 Å². The summed E-state index contributed by atoms with van der Waals surface area (Å²) in [5.41, 5.74) is 0.844. The van der Waals surface area contributed by atoms with Crippen molar-refractivity contribution in [1.82, 2.24) is 10.6 Å². The lowest BCUT2D eigenvalue weighted by atomic mass is 10.1. The van der Waals surface area contributed by atoms with Gasteiger partial charge in [-0.3, -0.25) is 4.79 Å². The Morgan fingerprint density at radius 1 is 1.03 bits per heavy atom. The van der Waals surface area contributed by atoms with Gasteiger partial charge in [0.05, 0.1) is 19.6 Å². The number of hydrogen-bond donors (Lipinski definition) is 3. The van der Waals surface area contributed by atoms with Crippen LogP contribution in [0.2, 0.25) is 0 Å². The van der Waals surface area contributed by atoms with Gasteiger partial charge < -0.3 is 25.2 Å². The highest BCUT2D eigenvalue weighted by Crippen LogP contribution is 2.10. The number of benzene rings is 1. The van der Waals surface area contributed by atoms with Crippen LogP contribution in [0.5, 0.6) is 0 Å². The van der Waals surface area contributed by atoms with Crippen molar-refractivity contribution >= 4 is 18.0 Å². The first-order valence-electron chi connectivity index (χ1n) is 11.0. The molecule has 3 N–H and O–H groups in total. The van der Waals surface area contributed by atoms with Crippen molar-refractivity contribution in [2.45, 2.75) is 77.0 Å². The van der Waals surface area contributed by atoms with Crippen LogP contribution >= 0.6 is 0 Å². The molecule has 0 aromatic heterocycles. The number of rotatable bonds is 15. The van der Waals surface area contributed by atoms with E-state index in [2.05, 4.69) is 17.6 Å². The maximum absolute atomic E-state index is 12.2. The summed E-state index contributed by atoms with van der Waals surface area (Å²) in [5, 5.41) is 15.1. The Balaban J connectivity index is 2.29. The molecule has 1 rings (SSSR count). The fourth-order valence-corrected chi connectivity index (χ4v) is 3.03. The summed E-state index contributed by atoms with van der Waals surface area (Å²) in [6, 6.07) is 8.47. The van der Waals surface area contributed by atoms with Gasteiger partial charge in [0.15, 0.2) is 0 Å². The summed E-state index contributed by atoms with van der Waals surface area (Å²) in [5.74, 6) is -0.979. The number of esters is 1. The first-order valence-corrected chi connectivity index (χ1v) is 11.0. The third kappa shape index (κ3) is 12.6. The summed E-state index contributed by atoms with van der Waals surface area (Å²) < 4.78 is 9.82. The summed E-state index contributed by atoms with van der Waals surface area (Å²) >= 11 is 0. The number of ether oxygens (including phenoxy) is 2. The van der Waals surface area contributed by atoms with Crippen molar-refractivity contribution in [2.24, 2.45) is 0 Å². The number of methoxy groups -OCH3 is 1. The lowest BCUT2D eigenvalue weighted by molar-refractivity contribution is -0.145. The molecule has 2 amide bonds. The number of aliphatic hydroxyl groups is 1. The third-order valence-corrected chi connectivity index (χ3v) is 4.78. The van der Waals surface area contributed by atoms with Crippen molar-refractivity contribution < 1.29 is 29.0 Å². The van der Waals surface area contributed by atoms with Crippen molar-refractivity contribution in [3.05, 3.63) is 35.9 Å². The first-order chi connectivity index (χ1) is 15.0. The van der Waals surface area contributed by atoms with Gasteiger partial charge in [0.1, 0.15) is 12.6 Å². The zero-order valence-corrected chi connectivity index (χ0v) is 18.6. The predicted molar refractivity (Wildman–Crippen MR) is 117 cm³/mol. The Hall–Kier alpha value is -2.61. The molecule has 8 heteroatoms. The van der Waals surface area contributed by atoms with E-state index in [1.54, 1.807) is 0 Å². The van der Waals surface area contributed by atoms with Crippen molar-refractivity contribution in [3.8, 4) is 0 Å². The Morgan fingerprint density at radius 2 is 1.71 bits per heavy atom. The number of alkyl carbamates (subject to hydrolysis) is 1. The number of carbonyl (C=O) groups is 3. The second-order valence-electron chi connectivity index (χ2n) is 7.50. The number of nitrogens with one attached hydrogen (secondary N) is 2. The number of carbonyl (C=O) groups excluding carboxylic acids is 3. The van der Waals surface area contributed by atoms with Crippen molar-refractivity contribution in [2.75, 3.05) is 13.7 Å². The molecule has 0 aliphatic rings. The fraction of sp³-hybridized carbons (Fsp3) is 0.609. The quantitative estimate of drug-likeness (QED) is 0.288. The van der Waals surface area contributed by atoms with Gasteiger partial charge >= 0.3 is 12.1 Å². The molecule has 1 aromatic rings. The molecule has 0 aliphatic carbocycles. The second-order valence-corrected chi connectivity index (χ2v) is 7.50. The van der Waals surface area contributed by atoms with Crippen LogP contribution in [0.1, 0.15) is 63.9 Å². The zero-order chi connectivity index (χ0) is 22.9. The standard InChI is InChI=1S/C23H36N2O6/c1-3-4-5-6-7-11-14-20(22(28)30-2)25-21(27)15-19(26)16-24-23(29)31-17-18-12-9-8-10-13-18/h8-10,12-13,19-20,26H,3-7,11,14-17H2,1-2H3,(H,24,29)(H,25,27)/t19-,20-/m0/s1. The molecule has 0 saturated heterocycles. The average Bonchev–Trinajstić information content (AvgIpc) is 2.77. The van der Waals surface area contributed by atoms with E-state index in [-0.39, 0.29) is 19.6 Å². The minimum Gasteiger partial charge on any atom is -0.467 e. The molecule has 0 heterocycles. The summed E-state index contributed by atoms with van der Waals surface area (Å²) in [6.07, 6.45) is 4.89. The third-order valence-electron chi connectivity index (χ3n) is 4.78. The van der Waals surface area contributed by atoms with E-state index in [1.807, 2.05) is 30.3 Å². The lowest BCUT2D eigenvalue weighted by Crippen LogP contribution is -2.43. The Kier molecular flexibility index (Phi) is 13.7. The lowest BCUT2D eigenvalue weighted by Gasteiger charge is -2.18. The number of aliphatic hydroxyl groups excluding tert-OH is 1. The van der Waals surface area contributed by atoms with Crippen molar-refractivity contribution in [1.29, 1.82) is 0 Å². The second kappa shape index (κ2) is 16.1. The molecule has 0 saturated carbocycles. The van der Waals surface area contributed by atoms with Gasteiger partial charge in [-0.1, -0.05) is 75.8 Å². The van der Waals surface area contributed by atoms with Crippen LogP contribution in [-0.2, 0) is 25.7 Å². The first kappa shape index (κ1) is 26.4. The summed E-state index contributed by atoms with van der Waals surface area (Å²) in [6.45, 7) is 2.13. The molecule has 0 spiro atoms. The van der Waals surface area contributed by atoms with Gasteiger partial charge in [-0.2, -0.15) is 0 Å². The van der Waals surface area contributed by atoms with Gasteiger partial charge in [-0.25, -0.2) is 9.59 Å². The molecular weight excluding hydrogens is 400 g/mol. The van der Waals surface area contributed by atoms with Crippen LogP contribution in [0.4, 0.5) is 4.79 Å². The number of amides is 2. The van der Waals surface area contributed by atoms with Crippen LogP contribution in [0.3, 0.4) is 0 Å². The number of hydrogen-bond acceptors (Lipinski definition) is 6. The van der Waals surface area contributed by atoms with Gasteiger partial charge in [0.2, 0.25) is 5.91 Å². The maximum Gasteiger partial charge on any atom is 0.407 e. The molecular formula is C23H36N2O6. The van der Waals surface area contributed by atoms with Crippen LogP contribution in [0.25, 0.3) is 0 Å². The monoisotopic (exact) mass is 436 g/mol. The Morgan fingerprint density at radius 3 is 2.39 bits per heavy atom. The zero-order valence-electron chi connectivity index (χ0n) is 18.6. The normalized spacial score (nSPS) is 12.5.